The number of aryl methyl sites for hydroxylation is 1. The lowest BCUT2D eigenvalue weighted by atomic mass is 10.1. The molecule has 3 nitrogen and oxygen atoms in total. The molecule has 0 aromatic carbocycles. The zero-order valence-corrected chi connectivity index (χ0v) is 12.6. The van der Waals surface area contributed by atoms with Gasteiger partial charge < -0.3 is 10.2 Å². The Morgan fingerprint density at radius 2 is 2.00 bits per heavy atom. The van der Waals surface area contributed by atoms with Gasteiger partial charge in [-0.1, -0.05) is 19.8 Å². The highest BCUT2D eigenvalue weighted by Gasteiger charge is 2.22. The average molecular weight is 261 g/mol. The van der Waals surface area contributed by atoms with E-state index in [9.17, 15) is 0 Å². The van der Waals surface area contributed by atoms with E-state index in [2.05, 4.69) is 36.2 Å². The summed E-state index contributed by atoms with van der Waals surface area (Å²) in [6, 6.07) is 5.19. The van der Waals surface area contributed by atoms with E-state index in [-0.39, 0.29) is 0 Å². The van der Waals surface area contributed by atoms with Crippen LogP contribution < -0.4 is 10.2 Å². The predicted molar refractivity (Wildman–Crippen MR) is 81.7 cm³/mol. The van der Waals surface area contributed by atoms with Crippen molar-refractivity contribution in [1.82, 2.24) is 10.3 Å². The zero-order valence-electron chi connectivity index (χ0n) is 12.6. The molecule has 0 atom stereocenters. The first kappa shape index (κ1) is 14.3. The molecule has 0 radical (unpaired) electrons. The molecule has 1 N–H and O–H groups in total. The van der Waals surface area contributed by atoms with E-state index in [0.717, 1.165) is 19.5 Å². The Balaban J connectivity index is 2.26. The van der Waals surface area contributed by atoms with Crippen LogP contribution in [0, 0.1) is 0 Å². The Bertz CT molecular complexity index is 397. The first-order chi connectivity index (χ1) is 9.28. The van der Waals surface area contributed by atoms with Crippen LogP contribution in [-0.4, -0.2) is 24.6 Å². The molecule has 0 aliphatic heterocycles. The Kier molecular flexibility index (Phi) is 5.20. The van der Waals surface area contributed by atoms with Crippen molar-refractivity contribution in [3.8, 4) is 0 Å². The highest BCUT2D eigenvalue weighted by atomic mass is 15.2. The summed E-state index contributed by atoms with van der Waals surface area (Å²) >= 11 is 0. The van der Waals surface area contributed by atoms with Crippen LogP contribution in [0.2, 0.25) is 0 Å². The second kappa shape index (κ2) is 6.90. The fourth-order valence-corrected chi connectivity index (χ4v) is 3.09. The summed E-state index contributed by atoms with van der Waals surface area (Å²) in [5.74, 6) is 1.18. The van der Waals surface area contributed by atoms with E-state index in [4.69, 9.17) is 4.98 Å². The molecule has 1 saturated carbocycles. The molecule has 0 amide bonds. The number of anilines is 1. The smallest absolute Gasteiger partial charge is 0.129 e. The van der Waals surface area contributed by atoms with Crippen LogP contribution in [-0.2, 0) is 13.0 Å². The number of nitrogens with one attached hydrogen (secondary N) is 1. The predicted octanol–water partition coefficient (Wildman–Crippen LogP) is 3.13. The Hall–Kier alpha value is -1.09. The normalized spacial score (nSPS) is 15.9. The third-order valence-corrected chi connectivity index (χ3v) is 4.07. The number of hydrogen-bond acceptors (Lipinski definition) is 3. The van der Waals surface area contributed by atoms with Crippen molar-refractivity contribution in [2.24, 2.45) is 0 Å². The van der Waals surface area contributed by atoms with E-state index >= 15 is 0 Å². The molecule has 0 spiro atoms. The molecule has 19 heavy (non-hydrogen) atoms. The lowest BCUT2D eigenvalue weighted by Crippen LogP contribution is -2.34. The Morgan fingerprint density at radius 1 is 1.26 bits per heavy atom. The van der Waals surface area contributed by atoms with E-state index in [1.165, 1.54) is 42.8 Å². The van der Waals surface area contributed by atoms with Gasteiger partial charge in [-0.15, -0.1) is 0 Å². The van der Waals surface area contributed by atoms with Gasteiger partial charge in [0.15, 0.2) is 0 Å². The van der Waals surface area contributed by atoms with Crippen LogP contribution in [0.3, 0.4) is 0 Å². The topological polar surface area (TPSA) is 28.2 Å². The molecule has 1 aliphatic rings. The number of pyridine rings is 1. The first-order valence-corrected chi connectivity index (χ1v) is 7.69. The molecule has 1 heterocycles. The molecule has 0 saturated heterocycles. The molecule has 1 aromatic heterocycles. The van der Waals surface area contributed by atoms with Crippen molar-refractivity contribution >= 4 is 5.82 Å². The number of nitrogens with zero attached hydrogens (tertiary/aromatic N) is 2. The van der Waals surface area contributed by atoms with Gasteiger partial charge in [0.05, 0.1) is 0 Å². The highest BCUT2D eigenvalue weighted by Crippen LogP contribution is 2.27. The maximum absolute atomic E-state index is 4.85. The summed E-state index contributed by atoms with van der Waals surface area (Å²) in [6.45, 7) is 6.41. The fraction of sp³-hybridized carbons (Fsp3) is 0.688. The largest absolute Gasteiger partial charge is 0.354 e. The summed E-state index contributed by atoms with van der Waals surface area (Å²) in [6.07, 6.45) is 6.41. The molecular formula is C16H27N3. The van der Waals surface area contributed by atoms with Crippen molar-refractivity contribution in [1.29, 1.82) is 0 Å². The third-order valence-electron chi connectivity index (χ3n) is 4.07. The standard InChI is InChI=1S/C16H27N3/c1-4-14-10-13(12-17-3)11-16(18-14)19(5-2)15-8-6-7-9-15/h10-11,15,17H,4-9,12H2,1-3H3. The Labute approximate surface area is 117 Å². The number of rotatable bonds is 6. The van der Waals surface area contributed by atoms with Crippen molar-refractivity contribution in [2.75, 3.05) is 18.5 Å². The zero-order chi connectivity index (χ0) is 13.7. The van der Waals surface area contributed by atoms with Crippen LogP contribution in [0.25, 0.3) is 0 Å². The monoisotopic (exact) mass is 261 g/mol. The quantitative estimate of drug-likeness (QED) is 0.852. The average Bonchev–Trinajstić information content (AvgIpc) is 2.93. The van der Waals surface area contributed by atoms with Crippen molar-refractivity contribution < 1.29 is 0 Å². The van der Waals surface area contributed by atoms with Gasteiger partial charge in [-0.2, -0.15) is 0 Å². The first-order valence-electron chi connectivity index (χ1n) is 7.69. The molecular weight excluding hydrogens is 234 g/mol. The molecule has 1 aromatic rings. The fourth-order valence-electron chi connectivity index (χ4n) is 3.09. The SMILES string of the molecule is CCc1cc(CNC)cc(N(CC)C2CCCC2)n1. The lowest BCUT2D eigenvalue weighted by molar-refractivity contribution is 0.611. The second-order valence-corrected chi connectivity index (χ2v) is 5.43. The molecule has 106 valence electrons. The van der Waals surface area contributed by atoms with Gasteiger partial charge in [-0.25, -0.2) is 4.98 Å². The number of hydrogen-bond donors (Lipinski definition) is 1. The minimum Gasteiger partial charge on any atom is -0.354 e. The van der Waals surface area contributed by atoms with Gasteiger partial charge in [0.1, 0.15) is 5.82 Å². The maximum atomic E-state index is 4.85. The van der Waals surface area contributed by atoms with E-state index in [1.807, 2.05) is 7.05 Å². The lowest BCUT2D eigenvalue weighted by Gasteiger charge is -2.29. The third kappa shape index (κ3) is 3.47. The van der Waals surface area contributed by atoms with E-state index < -0.39 is 0 Å². The van der Waals surface area contributed by atoms with Crippen molar-refractivity contribution in [3.05, 3.63) is 23.4 Å². The summed E-state index contributed by atoms with van der Waals surface area (Å²) in [5.41, 5.74) is 2.56. The van der Waals surface area contributed by atoms with E-state index in [0.29, 0.717) is 6.04 Å². The van der Waals surface area contributed by atoms with Crippen LogP contribution in [0.4, 0.5) is 5.82 Å². The molecule has 0 bridgehead atoms. The van der Waals surface area contributed by atoms with Gasteiger partial charge in [0.25, 0.3) is 0 Å². The summed E-state index contributed by atoms with van der Waals surface area (Å²) < 4.78 is 0. The maximum Gasteiger partial charge on any atom is 0.129 e. The van der Waals surface area contributed by atoms with E-state index in [1.54, 1.807) is 0 Å². The highest BCUT2D eigenvalue weighted by molar-refractivity contribution is 5.44. The molecule has 1 fully saturated rings. The van der Waals surface area contributed by atoms with Gasteiger partial charge in [-0.3, -0.25) is 0 Å². The van der Waals surface area contributed by atoms with Gasteiger partial charge in [-0.05, 0) is 50.9 Å². The molecule has 0 unspecified atom stereocenters. The van der Waals surface area contributed by atoms with Crippen molar-refractivity contribution in [3.63, 3.8) is 0 Å². The van der Waals surface area contributed by atoms with Crippen molar-refractivity contribution in [2.45, 2.75) is 58.5 Å². The van der Waals surface area contributed by atoms with Crippen LogP contribution in [0.5, 0.6) is 0 Å². The van der Waals surface area contributed by atoms with Gasteiger partial charge in [0, 0.05) is 24.8 Å². The Morgan fingerprint density at radius 3 is 2.58 bits per heavy atom. The number of aromatic nitrogens is 1. The second-order valence-electron chi connectivity index (χ2n) is 5.43. The summed E-state index contributed by atoms with van der Waals surface area (Å²) in [5, 5.41) is 3.24. The van der Waals surface area contributed by atoms with Crippen LogP contribution in [0.15, 0.2) is 12.1 Å². The molecule has 1 aliphatic carbocycles. The summed E-state index contributed by atoms with van der Waals surface area (Å²) in [7, 11) is 2.00. The minimum atomic E-state index is 0.701. The molecule has 2 rings (SSSR count). The van der Waals surface area contributed by atoms with Crippen LogP contribution in [0.1, 0.15) is 50.8 Å². The minimum absolute atomic E-state index is 0.701. The molecule has 3 heteroatoms. The summed E-state index contributed by atoms with van der Waals surface area (Å²) in [4.78, 5) is 7.35. The van der Waals surface area contributed by atoms with Gasteiger partial charge in [0.2, 0.25) is 0 Å². The van der Waals surface area contributed by atoms with Crippen LogP contribution >= 0.6 is 0 Å². The van der Waals surface area contributed by atoms with Gasteiger partial charge >= 0.3 is 0 Å².